The highest BCUT2D eigenvalue weighted by Gasteiger charge is 2.05. The number of nitriles is 1. The van der Waals surface area contributed by atoms with Crippen molar-refractivity contribution in [2.45, 2.75) is 24.5 Å². The van der Waals surface area contributed by atoms with Gasteiger partial charge in [-0.3, -0.25) is 0 Å². The first-order valence-electron chi connectivity index (χ1n) is 6.09. The van der Waals surface area contributed by atoms with Crippen LogP contribution in [0, 0.1) is 25.2 Å². The first-order valence-corrected chi connectivity index (χ1v) is 7.08. The van der Waals surface area contributed by atoms with Crippen molar-refractivity contribution in [1.29, 1.82) is 5.26 Å². The zero-order valence-corrected chi connectivity index (χ0v) is 11.9. The Morgan fingerprint density at radius 3 is 2.68 bits per heavy atom. The summed E-state index contributed by atoms with van der Waals surface area (Å²) in [7, 11) is 0. The molecule has 0 saturated carbocycles. The summed E-state index contributed by atoms with van der Waals surface area (Å²) in [6, 6.07) is 14.0. The summed E-state index contributed by atoms with van der Waals surface area (Å²) in [5.41, 5.74) is 11.0. The molecule has 0 fully saturated rings. The third-order valence-electron chi connectivity index (χ3n) is 3.18. The summed E-state index contributed by atoms with van der Waals surface area (Å²) < 4.78 is 0. The van der Waals surface area contributed by atoms with Crippen molar-refractivity contribution in [2.24, 2.45) is 0 Å². The van der Waals surface area contributed by atoms with Crippen molar-refractivity contribution < 1.29 is 0 Å². The average Bonchev–Trinajstić information content (AvgIpc) is 2.41. The molecule has 0 aliphatic carbocycles. The minimum absolute atomic E-state index is 0.714. The highest BCUT2D eigenvalue weighted by molar-refractivity contribution is 7.98. The second-order valence-electron chi connectivity index (χ2n) is 4.51. The molecule has 0 unspecified atom stereocenters. The maximum Gasteiger partial charge on any atom is 0.0991 e. The van der Waals surface area contributed by atoms with Crippen molar-refractivity contribution in [1.82, 2.24) is 0 Å². The Morgan fingerprint density at radius 1 is 1.21 bits per heavy atom. The summed E-state index contributed by atoms with van der Waals surface area (Å²) in [4.78, 5) is 1.21. The molecule has 0 spiro atoms. The summed E-state index contributed by atoms with van der Waals surface area (Å²) in [6.07, 6.45) is 0. The number of anilines is 1. The van der Waals surface area contributed by atoms with Crippen LogP contribution in [-0.4, -0.2) is 0 Å². The third kappa shape index (κ3) is 3.10. The van der Waals surface area contributed by atoms with Gasteiger partial charge in [0, 0.05) is 16.3 Å². The number of rotatable bonds is 3. The van der Waals surface area contributed by atoms with E-state index in [1.807, 2.05) is 44.2 Å². The van der Waals surface area contributed by atoms with Gasteiger partial charge in [0.15, 0.2) is 0 Å². The Bertz CT molecular complexity index is 642. The molecule has 2 aromatic rings. The molecule has 2 N–H and O–H groups in total. The number of nitrogens with two attached hydrogens (primary N) is 1. The molecular weight excluding hydrogens is 252 g/mol. The van der Waals surface area contributed by atoms with E-state index in [2.05, 4.69) is 12.1 Å². The zero-order valence-electron chi connectivity index (χ0n) is 11.1. The van der Waals surface area contributed by atoms with Crippen LogP contribution in [-0.2, 0) is 5.75 Å². The highest BCUT2D eigenvalue weighted by Crippen LogP contribution is 2.29. The average molecular weight is 268 g/mol. The van der Waals surface area contributed by atoms with Gasteiger partial charge in [0.05, 0.1) is 11.6 Å². The van der Waals surface area contributed by atoms with E-state index >= 15 is 0 Å². The summed E-state index contributed by atoms with van der Waals surface area (Å²) in [6.45, 7) is 4.09. The van der Waals surface area contributed by atoms with Crippen molar-refractivity contribution >= 4 is 17.4 Å². The normalized spacial score (nSPS) is 10.2. The number of aryl methyl sites for hydroxylation is 1. The van der Waals surface area contributed by atoms with Gasteiger partial charge in [0.25, 0.3) is 0 Å². The van der Waals surface area contributed by atoms with Crippen molar-refractivity contribution in [2.75, 3.05) is 5.73 Å². The standard InChI is InChI=1S/C16H16N2S/c1-11-8-13(9-17)6-7-14(11)10-19-16-5-3-4-15(18)12(16)2/h3-8H,10,18H2,1-2H3. The van der Waals surface area contributed by atoms with Gasteiger partial charge in [0.1, 0.15) is 0 Å². The number of benzene rings is 2. The molecule has 0 saturated heterocycles. The minimum Gasteiger partial charge on any atom is -0.398 e. The molecular formula is C16H16N2S. The number of hydrogen-bond donors (Lipinski definition) is 1. The Labute approximate surface area is 118 Å². The topological polar surface area (TPSA) is 49.8 Å². The van der Waals surface area contributed by atoms with Gasteiger partial charge >= 0.3 is 0 Å². The SMILES string of the molecule is Cc1cc(C#N)ccc1CSc1cccc(N)c1C. The molecule has 0 heterocycles. The first-order chi connectivity index (χ1) is 9.11. The Hall–Kier alpha value is -1.92. The Morgan fingerprint density at radius 2 is 2.00 bits per heavy atom. The van der Waals surface area contributed by atoms with E-state index in [-0.39, 0.29) is 0 Å². The molecule has 3 heteroatoms. The lowest BCUT2D eigenvalue weighted by Crippen LogP contribution is -1.92. The van der Waals surface area contributed by atoms with E-state index < -0.39 is 0 Å². The number of thioether (sulfide) groups is 1. The van der Waals surface area contributed by atoms with Crippen LogP contribution in [0.15, 0.2) is 41.3 Å². The number of nitrogens with zero attached hydrogens (tertiary/aromatic N) is 1. The zero-order chi connectivity index (χ0) is 13.8. The third-order valence-corrected chi connectivity index (χ3v) is 4.39. The van der Waals surface area contributed by atoms with Gasteiger partial charge < -0.3 is 5.73 Å². The van der Waals surface area contributed by atoms with Crippen LogP contribution in [0.1, 0.15) is 22.3 Å². The second kappa shape index (κ2) is 5.81. The minimum atomic E-state index is 0.714. The van der Waals surface area contributed by atoms with E-state index in [4.69, 9.17) is 11.0 Å². The van der Waals surface area contributed by atoms with Crippen LogP contribution < -0.4 is 5.73 Å². The van der Waals surface area contributed by atoms with E-state index in [1.165, 1.54) is 10.5 Å². The van der Waals surface area contributed by atoms with Crippen molar-refractivity contribution in [3.63, 3.8) is 0 Å². The fourth-order valence-electron chi connectivity index (χ4n) is 1.87. The van der Waals surface area contributed by atoms with Crippen LogP contribution in [0.5, 0.6) is 0 Å². The van der Waals surface area contributed by atoms with Crippen molar-refractivity contribution in [3.8, 4) is 6.07 Å². The van der Waals surface area contributed by atoms with Crippen LogP contribution in [0.2, 0.25) is 0 Å². The smallest absolute Gasteiger partial charge is 0.0991 e. The maximum atomic E-state index is 8.86. The summed E-state index contributed by atoms with van der Waals surface area (Å²) >= 11 is 1.78. The lowest BCUT2D eigenvalue weighted by molar-refractivity contribution is 1.27. The molecule has 19 heavy (non-hydrogen) atoms. The van der Waals surface area contributed by atoms with Crippen LogP contribution in [0.3, 0.4) is 0 Å². The van der Waals surface area contributed by atoms with Crippen molar-refractivity contribution in [3.05, 3.63) is 58.7 Å². The summed E-state index contributed by atoms with van der Waals surface area (Å²) in [5.74, 6) is 0.891. The predicted molar refractivity (Wildman–Crippen MR) is 81.0 cm³/mol. The van der Waals surface area contributed by atoms with E-state index in [9.17, 15) is 0 Å². The van der Waals surface area contributed by atoms with Crippen LogP contribution >= 0.6 is 11.8 Å². The lowest BCUT2D eigenvalue weighted by atomic mass is 10.1. The van der Waals surface area contributed by atoms with E-state index in [1.54, 1.807) is 11.8 Å². The maximum absolute atomic E-state index is 8.86. The van der Waals surface area contributed by atoms with Gasteiger partial charge in [-0.25, -0.2) is 0 Å². The quantitative estimate of drug-likeness (QED) is 0.675. The fourth-order valence-corrected chi connectivity index (χ4v) is 3.01. The molecule has 2 nitrogen and oxygen atoms in total. The number of nitrogen functional groups attached to an aromatic ring is 1. The highest BCUT2D eigenvalue weighted by atomic mass is 32.2. The molecule has 2 rings (SSSR count). The second-order valence-corrected chi connectivity index (χ2v) is 5.53. The largest absolute Gasteiger partial charge is 0.398 e. The van der Waals surface area contributed by atoms with E-state index in [0.717, 1.165) is 22.6 Å². The van der Waals surface area contributed by atoms with Gasteiger partial charge in [-0.2, -0.15) is 5.26 Å². The Balaban J connectivity index is 2.15. The molecule has 96 valence electrons. The molecule has 2 aromatic carbocycles. The van der Waals surface area contributed by atoms with Crippen LogP contribution in [0.25, 0.3) is 0 Å². The fraction of sp³-hybridized carbons (Fsp3) is 0.188. The number of hydrogen-bond acceptors (Lipinski definition) is 3. The Kier molecular flexibility index (Phi) is 4.13. The molecule has 0 amide bonds. The lowest BCUT2D eigenvalue weighted by Gasteiger charge is -2.09. The van der Waals surface area contributed by atoms with Crippen LogP contribution in [0.4, 0.5) is 5.69 Å². The molecule has 0 radical (unpaired) electrons. The molecule has 0 bridgehead atoms. The van der Waals surface area contributed by atoms with E-state index in [0.29, 0.717) is 5.56 Å². The molecule has 0 aliphatic heterocycles. The van der Waals surface area contributed by atoms with Gasteiger partial charge in [-0.15, -0.1) is 11.8 Å². The first kappa shape index (κ1) is 13.5. The van der Waals surface area contributed by atoms with Gasteiger partial charge in [-0.05, 0) is 54.8 Å². The molecule has 0 aliphatic rings. The predicted octanol–water partition coefficient (Wildman–Crippen LogP) is 4.05. The van der Waals surface area contributed by atoms with Gasteiger partial charge in [0.2, 0.25) is 0 Å². The summed E-state index contributed by atoms with van der Waals surface area (Å²) in [5, 5.41) is 8.86. The molecule has 0 aromatic heterocycles. The van der Waals surface area contributed by atoms with Gasteiger partial charge in [-0.1, -0.05) is 12.1 Å². The monoisotopic (exact) mass is 268 g/mol. The molecule has 0 atom stereocenters.